The van der Waals surface area contributed by atoms with Crippen LogP contribution in [0.4, 0.5) is 4.39 Å². The molecular weight excluding hydrogens is 203 g/mol. The topological polar surface area (TPSA) is 18.5 Å². The molecular formula is C10H9FO2S. The highest BCUT2D eigenvalue weighted by molar-refractivity contribution is 7.20. The number of fused-ring (bicyclic) bond motifs is 1. The molecule has 1 aromatic heterocycles. The third-order valence-electron chi connectivity index (χ3n) is 1.97. The Hall–Kier alpha value is -1.29. The Morgan fingerprint density at radius 3 is 2.57 bits per heavy atom. The van der Waals surface area contributed by atoms with Gasteiger partial charge in [-0.15, -0.1) is 0 Å². The highest BCUT2D eigenvalue weighted by atomic mass is 32.1. The van der Waals surface area contributed by atoms with Crippen LogP contribution in [0.25, 0.3) is 10.1 Å². The van der Waals surface area contributed by atoms with Crippen molar-refractivity contribution in [2.24, 2.45) is 0 Å². The van der Waals surface area contributed by atoms with Crippen LogP contribution in [-0.4, -0.2) is 14.2 Å². The third kappa shape index (κ3) is 1.42. The zero-order chi connectivity index (χ0) is 10.1. The normalized spacial score (nSPS) is 10.5. The molecule has 0 aliphatic heterocycles. The fourth-order valence-electron chi connectivity index (χ4n) is 1.27. The largest absolute Gasteiger partial charge is 0.497 e. The summed E-state index contributed by atoms with van der Waals surface area (Å²) >= 11 is 1.40. The number of halogens is 1. The summed E-state index contributed by atoms with van der Waals surface area (Å²) in [5.74, 6) is 0.249. The number of hydrogen-bond donors (Lipinski definition) is 0. The van der Waals surface area contributed by atoms with Crippen LogP contribution in [0, 0.1) is 5.82 Å². The maximum absolute atomic E-state index is 13.5. The Labute approximate surface area is 84.9 Å². The first kappa shape index (κ1) is 9.27. The first-order valence-corrected chi connectivity index (χ1v) is 4.87. The minimum absolute atomic E-state index is 0.279. The molecule has 2 nitrogen and oxygen atoms in total. The van der Waals surface area contributed by atoms with Crippen LogP contribution in [0.5, 0.6) is 10.8 Å². The van der Waals surface area contributed by atoms with E-state index in [-0.39, 0.29) is 5.82 Å². The van der Waals surface area contributed by atoms with E-state index in [4.69, 9.17) is 9.47 Å². The number of hydrogen-bond acceptors (Lipinski definition) is 3. The van der Waals surface area contributed by atoms with Gasteiger partial charge in [0.15, 0.2) is 5.06 Å². The van der Waals surface area contributed by atoms with Gasteiger partial charge in [0.1, 0.15) is 11.6 Å². The van der Waals surface area contributed by atoms with E-state index < -0.39 is 0 Å². The molecule has 0 aliphatic rings. The van der Waals surface area contributed by atoms with Crippen LogP contribution in [-0.2, 0) is 0 Å². The molecule has 0 unspecified atom stereocenters. The van der Waals surface area contributed by atoms with Gasteiger partial charge in [0.25, 0.3) is 0 Å². The second-order valence-corrected chi connectivity index (χ2v) is 3.84. The Morgan fingerprint density at radius 2 is 1.93 bits per heavy atom. The number of ether oxygens (including phenoxy) is 2. The predicted molar refractivity (Wildman–Crippen MR) is 54.9 cm³/mol. The highest BCUT2D eigenvalue weighted by Crippen LogP contribution is 2.35. The lowest BCUT2D eigenvalue weighted by atomic mass is 10.2. The van der Waals surface area contributed by atoms with Gasteiger partial charge >= 0.3 is 0 Å². The van der Waals surface area contributed by atoms with Crippen molar-refractivity contribution >= 4 is 21.4 Å². The van der Waals surface area contributed by atoms with Gasteiger partial charge in [-0.05, 0) is 6.07 Å². The molecule has 74 valence electrons. The zero-order valence-corrected chi connectivity index (χ0v) is 8.65. The average Bonchev–Trinajstić information content (AvgIpc) is 2.61. The summed E-state index contributed by atoms with van der Waals surface area (Å²) in [4.78, 5) is 0. The van der Waals surface area contributed by atoms with E-state index in [9.17, 15) is 4.39 Å². The minimum Gasteiger partial charge on any atom is -0.497 e. The standard InChI is InChI=1S/C10H9FO2S/c1-12-6-3-8(11)7-5-10(13-2)14-9(7)4-6/h3-5H,1-2H3. The van der Waals surface area contributed by atoms with E-state index >= 15 is 0 Å². The smallest absolute Gasteiger partial charge is 0.174 e. The SMILES string of the molecule is COc1cc(F)c2cc(OC)sc2c1. The molecule has 0 N–H and O–H groups in total. The van der Waals surface area contributed by atoms with E-state index in [1.54, 1.807) is 19.2 Å². The average molecular weight is 212 g/mol. The van der Waals surface area contributed by atoms with Gasteiger partial charge in [-0.1, -0.05) is 11.3 Å². The lowest BCUT2D eigenvalue weighted by Gasteiger charge is -1.99. The molecule has 2 rings (SSSR count). The summed E-state index contributed by atoms with van der Waals surface area (Å²) in [6.07, 6.45) is 0. The van der Waals surface area contributed by atoms with Crippen LogP contribution in [0.1, 0.15) is 0 Å². The van der Waals surface area contributed by atoms with E-state index in [1.807, 2.05) is 0 Å². The lowest BCUT2D eigenvalue weighted by Crippen LogP contribution is -1.83. The Balaban J connectivity index is 2.67. The molecule has 0 fully saturated rings. The van der Waals surface area contributed by atoms with Gasteiger partial charge in [0.05, 0.1) is 14.2 Å². The number of rotatable bonds is 2. The molecule has 4 heteroatoms. The molecule has 2 aromatic rings. The molecule has 0 radical (unpaired) electrons. The van der Waals surface area contributed by atoms with E-state index in [2.05, 4.69) is 0 Å². The van der Waals surface area contributed by atoms with Gasteiger partial charge in [-0.25, -0.2) is 4.39 Å². The van der Waals surface area contributed by atoms with Crippen molar-refractivity contribution in [2.75, 3.05) is 14.2 Å². The van der Waals surface area contributed by atoms with Crippen LogP contribution in [0.3, 0.4) is 0 Å². The number of thiophene rings is 1. The van der Waals surface area contributed by atoms with Crippen LogP contribution < -0.4 is 9.47 Å². The van der Waals surface area contributed by atoms with Gasteiger partial charge < -0.3 is 9.47 Å². The third-order valence-corrected chi connectivity index (χ3v) is 3.02. The van der Waals surface area contributed by atoms with Crippen molar-refractivity contribution < 1.29 is 13.9 Å². The fraction of sp³-hybridized carbons (Fsp3) is 0.200. The second kappa shape index (κ2) is 3.46. The van der Waals surface area contributed by atoms with Gasteiger partial charge in [0.2, 0.25) is 0 Å². The maximum Gasteiger partial charge on any atom is 0.174 e. The molecule has 0 atom stereocenters. The van der Waals surface area contributed by atoms with Gasteiger partial charge in [0, 0.05) is 22.2 Å². The van der Waals surface area contributed by atoms with Crippen LogP contribution >= 0.6 is 11.3 Å². The van der Waals surface area contributed by atoms with Gasteiger partial charge in [-0.3, -0.25) is 0 Å². The highest BCUT2D eigenvalue weighted by Gasteiger charge is 2.08. The first-order chi connectivity index (χ1) is 6.74. The van der Waals surface area contributed by atoms with Gasteiger partial charge in [-0.2, -0.15) is 0 Å². The van der Waals surface area contributed by atoms with Crippen molar-refractivity contribution in [2.45, 2.75) is 0 Å². The lowest BCUT2D eigenvalue weighted by molar-refractivity contribution is 0.412. The zero-order valence-electron chi connectivity index (χ0n) is 7.83. The maximum atomic E-state index is 13.5. The van der Waals surface area contributed by atoms with E-state index in [1.165, 1.54) is 24.5 Å². The monoisotopic (exact) mass is 212 g/mol. The Kier molecular flexibility index (Phi) is 2.29. The summed E-state index contributed by atoms with van der Waals surface area (Å²) in [6.45, 7) is 0. The predicted octanol–water partition coefficient (Wildman–Crippen LogP) is 3.06. The minimum atomic E-state index is -0.279. The molecule has 0 saturated heterocycles. The van der Waals surface area contributed by atoms with Crippen molar-refractivity contribution in [1.82, 2.24) is 0 Å². The molecule has 1 aromatic carbocycles. The van der Waals surface area contributed by atoms with Crippen molar-refractivity contribution in [1.29, 1.82) is 0 Å². The fourth-order valence-corrected chi connectivity index (χ4v) is 2.19. The summed E-state index contributed by atoms with van der Waals surface area (Å²) < 4.78 is 24.3. The molecule has 0 spiro atoms. The van der Waals surface area contributed by atoms with Crippen molar-refractivity contribution in [3.05, 3.63) is 24.0 Å². The summed E-state index contributed by atoms with van der Waals surface area (Å²) in [5, 5.41) is 1.28. The molecule has 0 bridgehead atoms. The van der Waals surface area contributed by atoms with Crippen molar-refractivity contribution in [3.8, 4) is 10.8 Å². The second-order valence-electron chi connectivity index (χ2n) is 2.79. The first-order valence-electron chi connectivity index (χ1n) is 4.05. The Bertz CT molecular complexity index is 464. The molecule has 0 aliphatic carbocycles. The summed E-state index contributed by atoms with van der Waals surface area (Å²) in [7, 11) is 3.09. The van der Waals surface area contributed by atoms with Crippen LogP contribution in [0.2, 0.25) is 0 Å². The Morgan fingerprint density at radius 1 is 1.14 bits per heavy atom. The van der Waals surface area contributed by atoms with Crippen LogP contribution in [0.15, 0.2) is 18.2 Å². The number of benzene rings is 1. The van der Waals surface area contributed by atoms with E-state index in [0.29, 0.717) is 16.2 Å². The molecule has 0 amide bonds. The van der Waals surface area contributed by atoms with E-state index in [0.717, 1.165) is 4.70 Å². The summed E-state index contributed by atoms with van der Waals surface area (Å²) in [5.41, 5.74) is 0. The molecule has 0 saturated carbocycles. The molecule has 14 heavy (non-hydrogen) atoms. The van der Waals surface area contributed by atoms with Crippen molar-refractivity contribution in [3.63, 3.8) is 0 Å². The summed E-state index contributed by atoms with van der Waals surface area (Å²) in [6, 6.07) is 4.86. The number of methoxy groups -OCH3 is 2. The quantitative estimate of drug-likeness (QED) is 0.761. The molecule has 1 heterocycles.